The summed E-state index contributed by atoms with van der Waals surface area (Å²) in [7, 11) is 0. The van der Waals surface area contributed by atoms with E-state index in [-0.39, 0.29) is 39.9 Å². The van der Waals surface area contributed by atoms with E-state index in [2.05, 4.69) is 104 Å². The molecule has 0 unspecified atom stereocenters. The Morgan fingerprint density at radius 1 is 0.435 bits per heavy atom. The summed E-state index contributed by atoms with van der Waals surface area (Å²) >= 11 is 0. The largest absolute Gasteiger partial charge is 0.0776 e. The molecule has 0 atom stereocenters. The minimum Gasteiger partial charge on any atom is -0.0776 e. The van der Waals surface area contributed by atoms with Crippen molar-refractivity contribution in [1.29, 1.82) is 0 Å². The normalized spacial score (nSPS) is 15.7. The molecule has 23 heavy (non-hydrogen) atoms. The van der Waals surface area contributed by atoms with Crippen molar-refractivity contribution >= 4 is 0 Å². The Labute approximate surface area is 150 Å². The average Bonchev–Trinajstić information content (AvgIpc) is 2.25. The van der Waals surface area contributed by atoms with Gasteiger partial charge in [0.05, 0.1) is 0 Å². The molecule has 0 heteroatoms. The summed E-state index contributed by atoms with van der Waals surface area (Å²) in [5.74, 6) is 0.662. The lowest BCUT2D eigenvalue weighted by atomic mass is 9.38. The molecule has 0 bridgehead atoms. The maximum absolute atomic E-state index is 2.50. The Balaban J connectivity index is 0. The van der Waals surface area contributed by atoms with Gasteiger partial charge >= 0.3 is 0 Å². The predicted molar refractivity (Wildman–Crippen MR) is 110 cm³/mol. The van der Waals surface area contributed by atoms with Crippen molar-refractivity contribution in [3.63, 3.8) is 0 Å². The molecule has 0 rings (SSSR count). The van der Waals surface area contributed by atoms with Gasteiger partial charge in [-0.05, 0) is 38.4 Å². The molecule has 0 aromatic heterocycles. The third-order valence-electron chi connectivity index (χ3n) is 9.62. The molecule has 142 valence electrons. The zero-order valence-electron chi connectivity index (χ0n) is 18.6. The van der Waals surface area contributed by atoms with Crippen LogP contribution in [0.5, 0.6) is 0 Å². The second-order valence-corrected chi connectivity index (χ2v) is 11.6. The molecule has 0 aliphatic carbocycles. The second-order valence-electron chi connectivity index (χ2n) is 11.6. The minimum absolute atomic E-state index is 0. The SMILES string of the molecule is C.CC(C)C(C)(C)C(C)(C)C(C)(C)C(C)(C)C(C)(C)C(C)(C)C. The lowest BCUT2D eigenvalue weighted by Gasteiger charge is -2.66. The van der Waals surface area contributed by atoms with Gasteiger partial charge in [0, 0.05) is 0 Å². The summed E-state index contributed by atoms with van der Waals surface area (Å²) in [5, 5.41) is 0. The zero-order valence-corrected chi connectivity index (χ0v) is 18.6. The lowest BCUT2D eigenvalue weighted by molar-refractivity contribution is -0.178. The van der Waals surface area contributed by atoms with Gasteiger partial charge in [-0.1, -0.05) is 111 Å². The molecule has 0 spiro atoms. The highest BCUT2D eigenvalue weighted by Crippen LogP contribution is 2.68. The van der Waals surface area contributed by atoms with Crippen LogP contribution in [0.25, 0.3) is 0 Å². The predicted octanol–water partition coefficient (Wildman–Crippen LogP) is 8.46. The van der Waals surface area contributed by atoms with Gasteiger partial charge in [0.25, 0.3) is 0 Å². The highest BCUT2D eigenvalue weighted by molar-refractivity contribution is 5.09. The summed E-state index contributed by atoms with van der Waals surface area (Å²) in [5.41, 5.74) is 1.40. The molecular weight excluding hydrogens is 276 g/mol. The summed E-state index contributed by atoms with van der Waals surface area (Å²) in [4.78, 5) is 0. The number of rotatable bonds is 5. The molecule has 0 heterocycles. The van der Waals surface area contributed by atoms with Crippen molar-refractivity contribution in [1.82, 2.24) is 0 Å². The average molecular weight is 327 g/mol. The maximum atomic E-state index is 2.50. The monoisotopic (exact) mass is 326 g/mol. The molecule has 0 aliphatic rings. The lowest BCUT2D eigenvalue weighted by Crippen LogP contribution is -2.59. The smallest absolute Gasteiger partial charge is 0.0241 e. The van der Waals surface area contributed by atoms with Crippen molar-refractivity contribution in [2.75, 3.05) is 0 Å². The molecule has 0 aromatic carbocycles. The summed E-state index contributed by atoms with van der Waals surface area (Å²) < 4.78 is 0. The van der Waals surface area contributed by atoms with E-state index < -0.39 is 0 Å². The van der Waals surface area contributed by atoms with Crippen LogP contribution < -0.4 is 0 Å². The molecule has 0 saturated heterocycles. The van der Waals surface area contributed by atoms with Gasteiger partial charge in [0.2, 0.25) is 0 Å². The van der Waals surface area contributed by atoms with Gasteiger partial charge in [-0.2, -0.15) is 0 Å². The van der Waals surface area contributed by atoms with E-state index in [0.29, 0.717) is 5.92 Å². The summed E-state index contributed by atoms with van der Waals surface area (Å²) in [6.45, 7) is 36.8. The first-order valence-electron chi connectivity index (χ1n) is 9.19. The molecule has 0 aliphatic heterocycles. The van der Waals surface area contributed by atoms with Gasteiger partial charge in [-0.15, -0.1) is 0 Å². The number of hydrogen-bond acceptors (Lipinski definition) is 0. The van der Waals surface area contributed by atoms with Crippen LogP contribution >= 0.6 is 0 Å². The first kappa shape index (κ1) is 25.2. The first-order valence-corrected chi connectivity index (χ1v) is 9.19. The van der Waals surface area contributed by atoms with E-state index in [0.717, 1.165) is 0 Å². The first-order chi connectivity index (χ1) is 9.19. The minimum atomic E-state index is 0. The van der Waals surface area contributed by atoms with E-state index in [4.69, 9.17) is 0 Å². The van der Waals surface area contributed by atoms with Gasteiger partial charge in [-0.25, -0.2) is 0 Å². The van der Waals surface area contributed by atoms with E-state index in [1.165, 1.54) is 0 Å². The Bertz CT molecular complexity index is 381. The van der Waals surface area contributed by atoms with Crippen molar-refractivity contribution in [3.05, 3.63) is 0 Å². The molecule has 0 radical (unpaired) electrons. The van der Waals surface area contributed by atoms with Crippen LogP contribution in [0.3, 0.4) is 0 Å². The molecule has 0 fully saturated rings. The highest BCUT2D eigenvalue weighted by Gasteiger charge is 2.61. The van der Waals surface area contributed by atoms with Gasteiger partial charge in [0.15, 0.2) is 0 Å². The van der Waals surface area contributed by atoms with Crippen molar-refractivity contribution in [3.8, 4) is 0 Å². The maximum Gasteiger partial charge on any atom is -0.0241 e. The van der Waals surface area contributed by atoms with Crippen LogP contribution in [0.2, 0.25) is 0 Å². The Kier molecular flexibility index (Phi) is 7.00. The van der Waals surface area contributed by atoms with E-state index in [1.807, 2.05) is 0 Å². The van der Waals surface area contributed by atoms with Crippen LogP contribution in [-0.2, 0) is 0 Å². The van der Waals surface area contributed by atoms with Crippen molar-refractivity contribution in [2.24, 2.45) is 38.4 Å². The third-order valence-corrected chi connectivity index (χ3v) is 9.62. The molecule has 0 amide bonds. The second kappa shape index (κ2) is 6.38. The summed E-state index contributed by atoms with van der Waals surface area (Å²) in [6, 6.07) is 0. The number of hydrogen-bond donors (Lipinski definition) is 0. The molecular formula is C23H50. The van der Waals surface area contributed by atoms with E-state index in [9.17, 15) is 0 Å². The Morgan fingerprint density at radius 3 is 0.913 bits per heavy atom. The van der Waals surface area contributed by atoms with Crippen LogP contribution in [-0.4, -0.2) is 0 Å². The third kappa shape index (κ3) is 3.38. The fraction of sp³-hybridized carbons (Fsp3) is 1.00. The van der Waals surface area contributed by atoms with E-state index in [1.54, 1.807) is 0 Å². The van der Waals surface area contributed by atoms with Crippen molar-refractivity contribution in [2.45, 2.75) is 111 Å². The fourth-order valence-electron chi connectivity index (χ4n) is 4.03. The van der Waals surface area contributed by atoms with Gasteiger partial charge in [0.1, 0.15) is 0 Å². The topological polar surface area (TPSA) is 0 Å². The zero-order chi connectivity index (χ0) is 18.6. The van der Waals surface area contributed by atoms with Crippen LogP contribution in [0.4, 0.5) is 0 Å². The standard InChI is InChI=1S/C22H46.CH4/c1-16(2)18(6,7)20(10,11)22(14,15)21(12,13)19(8,9)17(3,4)5;/h16H,1-15H3;1H4. The summed E-state index contributed by atoms with van der Waals surface area (Å²) in [6.07, 6.45) is 0. The Morgan fingerprint density at radius 2 is 0.696 bits per heavy atom. The van der Waals surface area contributed by atoms with Crippen molar-refractivity contribution < 1.29 is 0 Å². The van der Waals surface area contributed by atoms with Crippen LogP contribution in [0.1, 0.15) is 111 Å². The van der Waals surface area contributed by atoms with Gasteiger partial charge < -0.3 is 0 Å². The van der Waals surface area contributed by atoms with Crippen LogP contribution in [0.15, 0.2) is 0 Å². The Hall–Kier alpha value is 0. The van der Waals surface area contributed by atoms with Crippen LogP contribution in [0, 0.1) is 38.4 Å². The quantitative estimate of drug-likeness (QED) is 0.475. The molecule has 0 aromatic rings. The molecule has 0 saturated carbocycles. The molecule has 0 N–H and O–H groups in total. The fourth-order valence-corrected chi connectivity index (χ4v) is 4.03. The van der Waals surface area contributed by atoms with Gasteiger partial charge in [-0.3, -0.25) is 0 Å². The molecule has 0 nitrogen and oxygen atoms in total. The van der Waals surface area contributed by atoms with E-state index >= 15 is 0 Å². The highest BCUT2D eigenvalue weighted by atomic mass is 14.7.